The van der Waals surface area contributed by atoms with Crippen LogP contribution < -0.4 is 11.5 Å². The van der Waals surface area contributed by atoms with Gasteiger partial charge < -0.3 is 21.1 Å². The predicted octanol–water partition coefficient (Wildman–Crippen LogP) is 3.87. The van der Waals surface area contributed by atoms with Crippen molar-refractivity contribution in [2.45, 2.75) is 39.2 Å². The maximum Gasteiger partial charge on any atom is 0.410 e. The van der Waals surface area contributed by atoms with E-state index in [1.165, 1.54) is 0 Å². The third-order valence-electron chi connectivity index (χ3n) is 3.95. The van der Waals surface area contributed by atoms with Gasteiger partial charge in [0.05, 0.1) is 0 Å². The van der Waals surface area contributed by atoms with E-state index in [1.54, 1.807) is 4.90 Å². The summed E-state index contributed by atoms with van der Waals surface area (Å²) in [5, 5.41) is 0. The lowest BCUT2D eigenvalue weighted by molar-refractivity contribution is 0.0254. The lowest BCUT2D eigenvalue weighted by Crippen LogP contribution is -2.39. The molecule has 0 radical (unpaired) electrons. The van der Waals surface area contributed by atoms with Crippen molar-refractivity contribution in [2.75, 3.05) is 24.6 Å². The molecule has 4 N–H and O–H groups in total. The van der Waals surface area contributed by atoms with E-state index < -0.39 is 5.60 Å². The zero-order valence-corrected chi connectivity index (χ0v) is 15.9. The quantitative estimate of drug-likeness (QED) is 0.771. The zero-order valence-electron chi connectivity index (χ0n) is 15.9. The fourth-order valence-electron chi connectivity index (χ4n) is 2.52. The molecule has 0 aliphatic rings. The van der Waals surface area contributed by atoms with E-state index in [1.807, 2.05) is 69.3 Å². The molecule has 1 amide bonds. The molecule has 0 saturated heterocycles. The Labute approximate surface area is 155 Å². The summed E-state index contributed by atoms with van der Waals surface area (Å²) >= 11 is 0. The van der Waals surface area contributed by atoms with Crippen LogP contribution in [0.2, 0.25) is 0 Å². The molecule has 2 aromatic carbocycles. The van der Waals surface area contributed by atoms with Gasteiger partial charge in [0.1, 0.15) is 5.60 Å². The Kier molecular flexibility index (Phi) is 6.50. The summed E-state index contributed by atoms with van der Waals surface area (Å²) in [5.74, 6) is 0. The van der Waals surface area contributed by atoms with Gasteiger partial charge in [-0.3, -0.25) is 0 Å². The highest BCUT2D eigenvalue weighted by Gasteiger charge is 2.21. The molecule has 0 fully saturated rings. The van der Waals surface area contributed by atoms with E-state index in [4.69, 9.17) is 16.2 Å². The standard InChI is InChI=1S/C21H29N3O2/c1-21(2,3)26-20(25)24(14-12-16-4-8-18(22)9-5-16)15-13-17-6-10-19(23)11-7-17/h4-11H,12-15,22-23H2,1-3H3. The number of hydrogen-bond acceptors (Lipinski definition) is 4. The first-order valence-electron chi connectivity index (χ1n) is 8.90. The molecule has 0 aromatic heterocycles. The first-order chi connectivity index (χ1) is 12.2. The van der Waals surface area contributed by atoms with Crippen molar-refractivity contribution >= 4 is 17.5 Å². The van der Waals surface area contributed by atoms with Gasteiger partial charge >= 0.3 is 6.09 Å². The molecule has 26 heavy (non-hydrogen) atoms. The molecule has 0 aliphatic carbocycles. The van der Waals surface area contributed by atoms with Crippen molar-refractivity contribution in [1.82, 2.24) is 4.90 Å². The van der Waals surface area contributed by atoms with Crippen molar-refractivity contribution in [1.29, 1.82) is 0 Å². The van der Waals surface area contributed by atoms with Crippen LogP contribution >= 0.6 is 0 Å². The van der Waals surface area contributed by atoms with Crippen LogP contribution in [-0.2, 0) is 17.6 Å². The van der Waals surface area contributed by atoms with Gasteiger partial charge in [-0.1, -0.05) is 24.3 Å². The highest BCUT2D eigenvalue weighted by Crippen LogP contribution is 2.13. The number of nitrogen functional groups attached to an aromatic ring is 2. The maximum atomic E-state index is 12.6. The van der Waals surface area contributed by atoms with Gasteiger partial charge in [-0.15, -0.1) is 0 Å². The number of benzene rings is 2. The fraction of sp³-hybridized carbons (Fsp3) is 0.381. The topological polar surface area (TPSA) is 81.6 Å². The highest BCUT2D eigenvalue weighted by molar-refractivity contribution is 5.68. The molecule has 0 atom stereocenters. The summed E-state index contributed by atoms with van der Waals surface area (Å²) in [4.78, 5) is 14.3. The van der Waals surface area contributed by atoms with Crippen LogP contribution in [0, 0.1) is 0 Å². The second-order valence-corrected chi connectivity index (χ2v) is 7.45. The van der Waals surface area contributed by atoms with E-state index in [0.29, 0.717) is 13.1 Å². The molecule has 0 spiro atoms. The van der Waals surface area contributed by atoms with Gasteiger partial charge in [0, 0.05) is 24.5 Å². The minimum atomic E-state index is -0.516. The molecule has 0 unspecified atom stereocenters. The normalized spacial score (nSPS) is 11.2. The Bertz CT molecular complexity index is 654. The van der Waals surface area contributed by atoms with Gasteiger partial charge in [-0.2, -0.15) is 0 Å². The lowest BCUT2D eigenvalue weighted by Gasteiger charge is -2.27. The number of nitrogens with zero attached hydrogens (tertiary/aromatic N) is 1. The Morgan fingerprint density at radius 1 is 0.846 bits per heavy atom. The van der Waals surface area contributed by atoms with E-state index in [2.05, 4.69) is 0 Å². The van der Waals surface area contributed by atoms with Crippen molar-refractivity contribution in [2.24, 2.45) is 0 Å². The molecule has 2 aromatic rings. The van der Waals surface area contributed by atoms with Crippen LogP contribution in [0.15, 0.2) is 48.5 Å². The van der Waals surface area contributed by atoms with Gasteiger partial charge in [-0.05, 0) is 69.0 Å². The van der Waals surface area contributed by atoms with Crippen LogP contribution in [0.3, 0.4) is 0 Å². The first kappa shape index (κ1) is 19.6. The number of amides is 1. The molecule has 2 rings (SSSR count). The third-order valence-corrected chi connectivity index (χ3v) is 3.95. The molecule has 5 nitrogen and oxygen atoms in total. The molecule has 140 valence electrons. The zero-order chi connectivity index (χ0) is 19.2. The molecule has 0 bridgehead atoms. The average molecular weight is 355 g/mol. The van der Waals surface area contributed by atoms with E-state index in [9.17, 15) is 4.79 Å². The Balaban J connectivity index is 2.01. The second-order valence-electron chi connectivity index (χ2n) is 7.45. The van der Waals surface area contributed by atoms with Crippen LogP contribution in [-0.4, -0.2) is 29.7 Å². The predicted molar refractivity (Wildman–Crippen MR) is 107 cm³/mol. The van der Waals surface area contributed by atoms with E-state index >= 15 is 0 Å². The van der Waals surface area contributed by atoms with E-state index in [0.717, 1.165) is 35.3 Å². The average Bonchev–Trinajstić information content (AvgIpc) is 2.56. The second kappa shape index (κ2) is 8.61. The number of anilines is 2. The van der Waals surface area contributed by atoms with Crippen molar-refractivity contribution in [3.63, 3.8) is 0 Å². The highest BCUT2D eigenvalue weighted by atomic mass is 16.6. The number of nitrogens with two attached hydrogens (primary N) is 2. The largest absolute Gasteiger partial charge is 0.444 e. The number of carbonyl (C=O) groups excluding carboxylic acids is 1. The van der Waals surface area contributed by atoms with Crippen molar-refractivity contribution in [3.8, 4) is 0 Å². The number of hydrogen-bond donors (Lipinski definition) is 2. The van der Waals surface area contributed by atoms with Gasteiger partial charge in [0.2, 0.25) is 0 Å². The summed E-state index contributed by atoms with van der Waals surface area (Å²) in [6.07, 6.45) is 1.21. The summed E-state index contributed by atoms with van der Waals surface area (Å²) in [7, 11) is 0. The molecule has 5 heteroatoms. The SMILES string of the molecule is CC(C)(C)OC(=O)N(CCc1ccc(N)cc1)CCc1ccc(N)cc1. The first-order valence-corrected chi connectivity index (χ1v) is 8.90. The molecular formula is C21H29N3O2. The molecule has 0 saturated carbocycles. The minimum absolute atomic E-state index is 0.289. The number of ether oxygens (including phenoxy) is 1. The monoisotopic (exact) mass is 355 g/mol. The van der Waals surface area contributed by atoms with Crippen LogP contribution in [0.25, 0.3) is 0 Å². The number of carbonyl (C=O) groups is 1. The summed E-state index contributed by atoms with van der Waals surface area (Å²) in [6, 6.07) is 15.5. The molecule has 0 aliphatic heterocycles. The van der Waals surface area contributed by atoms with E-state index in [-0.39, 0.29) is 6.09 Å². The van der Waals surface area contributed by atoms with Crippen molar-refractivity contribution < 1.29 is 9.53 Å². The Morgan fingerprint density at radius 2 is 1.23 bits per heavy atom. The Hall–Kier alpha value is -2.69. The van der Waals surface area contributed by atoms with Crippen LogP contribution in [0.4, 0.5) is 16.2 Å². The third kappa shape index (κ3) is 6.67. The van der Waals surface area contributed by atoms with Crippen LogP contribution in [0.1, 0.15) is 31.9 Å². The summed E-state index contributed by atoms with van der Waals surface area (Å²) < 4.78 is 5.56. The van der Waals surface area contributed by atoms with Crippen molar-refractivity contribution in [3.05, 3.63) is 59.7 Å². The molecule has 0 heterocycles. The maximum absolute atomic E-state index is 12.6. The lowest BCUT2D eigenvalue weighted by atomic mass is 10.1. The van der Waals surface area contributed by atoms with Crippen LogP contribution in [0.5, 0.6) is 0 Å². The fourth-order valence-corrected chi connectivity index (χ4v) is 2.52. The number of rotatable bonds is 6. The smallest absolute Gasteiger partial charge is 0.410 e. The summed E-state index contributed by atoms with van der Waals surface area (Å²) in [5.41, 5.74) is 14.7. The van der Waals surface area contributed by atoms with Gasteiger partial charge in [0.15, 0.2) is 0 Å². The molecular weight excluding hydrogens is 326 g/mol. The minimum Gasteiger partial charge on any atom is -0.444 e. The van der Waals surface area contributed by atoms with Gasteiger partial charge in [0.25, 0.3) is 0 Å². The Morgan fingerprint density at radius 3 is 1.58 bits per heavy atom. The summed E-state index contributed by atoms with van der Waals surface area (Å²) in [6.45, 7) is 6.82. The van der Waals surface area contributed by atoms with Gasteiger partial charge in [-0.25, -0.2) is 4.79 Å².